The molecule has 3 heterocycles. The summed E-state index contributed by atoms with van der Waals surface area (Å²) in [4.78, 5) is 15.5. The maximum atomic E-state index is 11.9. The Bertz CT molecular complexity index is 426. The lowest BCUT2D eigenvalue weighted by Gasteiger charge is -2.22. The van der Waals surface area contributed by atoms with E-state index in [1.165, 1.54) is 17.7 Å². The van der Waals surface area contributed by atoms with Crippen molar-refractivity contribution in [3.8, 4) is 0 Å². The first-order valence-electron chi connectivity index (χ1n) is 6.98. The van der Waals surface area contributed by atoms with Crippen molar-refractivity contribution in [1.29, 1.82) is 0 Å². The molecule has 1 aromatic rings. The fourth-order valence-electron chi connectivity index (χ4n) is 3.16. The SMILES string of the molecule is O=C(CN1CCC2(CCNC2)C1)NCc1cccs1. The predicted octanol–water partition coefficient (Wildman–Crippen LogP) is 1.05. The largest absolute Gasteiger partial charge is 0.350 e. The number of rotatable bonds is 4. The third kappa shape index (κ3) is 3.16. The van der Waals surface area contributed by atoms with Gasteiger partial charge in [0.05, 0.1) is 13.1 Å². The van der Waals surface area contributed by atoms with Crippen molar-refractivity contribution >= 4 is 17.2 Å². The van der Waals surface area contributed by atoms with E-state index < -0.39 is 0 Å². The molecule has 1 amide bonds. The molecular weight excluding hydrogens is 258 g/mol. The number of nitrogens with zero attached hydrogens (tertiary/aromatic N) is 1. The van der Waals surface area contributed by atoms with Crippen LogP contribution in [0, 0.1) is 5.41 Å². The summed E-state index contributed by atoms with van der Waals surface area (Å²) in [6.45, 7) is 5.61. The third-order valence-electron chi connectivity index (χ3n) is 4.26. The zero-order valence-corrected chi connectivity index (χ0v) is 12.0. The highest BCUT2D eigenvalue weighted by Crippen LogP contribution is 2.35. The standard InChI is InChI=1S/C14H21N3OS/c18-13(16-8-12-2-1-7-19-12)9-17-6-4-14(11-17)3-5-15-10-14/h1-2,7,15H,3-6,8-11H2,(H,16,18). The van der Waals surface area contributed by atoms with Gasteiger partial charge in [-0.15, -0.1) is 11.3 Å². The summed E-state index contributed by atoms with van der Waals surface area (Å²) in [5.74, 6) is 0.149. The van der Waals surface area contributed by atoms with Gasteiger partial charge in [0.15, 0.2) is 0 Å². The van der Waals surface area contributed by atoms with E-state index in [1.54, 1.807) is 11.3 Å². The van der Waals surface area contributed by atoms with Crippen LogP contribution in [0.15, 0.2) is 17.5 Å². The molecule has 1 aromatic heterocycles. The number of hydrogen-bond donors (Lipinski definition) is 2. The minimum Gasteiger partial charge on any atom is -0.350 e. The third-order valence-corrected chi connectivity index (χ3v) is 5.13. The van der Waals surface area contributed by atoms with Crippen molar-refractivity contribution in [1.82, 2.24) is 15.5 Å². The molecule has 4 nitrogen and oxygen atoms in total. The van der Waals surface area contributed by atoms with Crippen LogP contribution in [-0.4, -0.2) is 43.5 Å². The maximum Gasteiger partial charge on any atom is 0.234 e. The van der Waals surface area contributed by atoms with Gasteiger partial charge >= 0.3 is 0 Å². The van der Waals surface area contributed by atoms with Crippen LogP contribution in [0.3, 0.4) is 0 Å². The van der Waals surface area contributed by atoms with E-state index >= 15 is 0 Å². The van der Waals surface area contributed by atoms with E-state index in [2.05, 4.69) is 21.6 Å². The van der Waals surface area contributed by atoms with Gasteiger partial charge in [0.1, 0.15) is 0 Å². The number of amides is 1. The van der Waals surface area contributed by atoms with Crippen molar-refractivity contribution < 1.29 is 4.79 Å². The zero-order chi connectivity index (χ0) is 13.1. The highest BCUT2D eigenvalue weighted by molar-refractivity contribution is 7.09. The van der Waals surface area contributed by atoms with E-state index in [0.29, 0.717) is 18.5 Å². The number of thiophene rings is 1. The minimum atomic E-state index is 0.149. The molecule has 1 unspecified atom stereocenters. The molecule has 2 aliphatic rings. The second kappa shape index (κ2) is 5.61. The number of nitrogens with one attached hydrogen (secondary N) is 2. The topological polar surface area (TPSA) is 44.4 Å². The smallest absolute Gasteiger partial charge is 0.234 e. The molecule has 2 fully saturated rings. The van der Waals surface area contributed by atoms with Gasteiger partial charge in [0.25, 0.3) is 0 Å². The van der Waals surface area contributed by atoms with Gasteiger partial charge in [-0.1, -0.05) is 6.07 Å². The predicted molar refractivity (Wildman–Crippen MR) is 77.1 cm³/mol. The number of carbonyl (C=O) groups is 1. The molecule has 0 saturated carbocycles. The lowest BCUT2D eigenvalue weighted by molar-refractivity contribution is -0.122. The molecule has 5 heteroatoms. The lowest BCUT2D eigenvalue weighted by atomic mass is 9.87. The van der Waals surface area contributed by atoms with Gasteiger partial charge in [0, 0.05) is 18.0 Å². The Labute approximate surface area is 118 Å². The lowest BCUT2D eigenvalue weighted by Crippen LogP contribution is -2.37. The van der Waals surface area contributed by atoms with Crippen molar-refractivity contribution in [2.24, 2.45) is 5.41 Å². The van der Waals surface area contributed by atoms with Crippen LogP contribution < -0.4 is 10.6 Å². The van der Waals surface area contributed by atoms with Crippen molar-refractivity contribution in [3.63, 3.8) is 0 Å². The Morgan fingerprint density at radius 2 is 2.47 bits per heavy atom. The van der Waals surface area contributed by atoms with Crippen LogP contribution in [0.4, 0.5) is 0 Å². The molecular formula is C14H21N3OS. The number of likely N-dealkylation sites (tertiary alicyclic amines) is 1. The second-order valence-corrected chi connectivity index (χ2v) is 6.78. The first kappa shape index (κ1) is 13.1. The van der Waals surface area contributed by atoms with Gasteiger partial charge in [0.2, 0.25) is 5.91 Å². The number of hydrogen-bond acceptors (Lipinski definition) is 4. The first-order chi connectivity index (χ1) is 9.26. The van der Waals surface area contributed by atoms with Crippen LogP contribution in [0.5, 0.6) is 0 Å². The van der Waals surface area contributed by atoms with E-state index in [0.717, 1.165) is 26.2 Å². The first-order valence-corrected chi connectivity index (χ1v) is 7.86. The minimum absolute atomic E-state index is 0.149. The van der Waals surface area contributed by atoms with Crippen molar-refractivity contribution in [3.05, 3.63) is 22.4 Å². The molecule has 0 aromatic carbocycles. The number of carbonyl (C=O) groups excluding carboxylic acids is 1. The Balaban J connectivity index is 1.43. The highest BCUT2D eigenvalue weighted by atomic mass is 32.1. The Morgan fingerprint density at radius 1 is 1.53 bits per heavy atom. The molecule has 1 spiro atoms. The summed E-state index contributed by atoms with van der Waals surface area (Å²) < 4.78 is 0. The van der Waals surface area contributed by atoms with Gasteiger partial charge in [-0.3, -0.25) is 9.69 Å². The normalized spacial score (nSPS) is 27.2. The van der Waals surface area contributed by atoms with Crippen LogP contribution >= 0.6 is 11.3 Å². The van der Waals surface area contributed by atoms with Crippen LogP contribution in [0.2, 0.25) is 0 Å². The second-order valence-electron chi connectivity index (χ2n) is 5.74. The van der Waals surface area contributed by atoms with Gasteiger partial charge < -0.3 is 10.6 Å². The summed E-state index contributed by atoms with van der Waals surface area (Å²) in [6.07, 6.45) is 2.50. The van der Waals surface area contributed by atoms with Gasteiger partial charge in [-0.2, -0.15) is 0 Å². The molecule has 2 saturated heterocycles. The van der Waals surface area contributed by atoms with Crippen LogP contribution in [0.1, 0.15) is 17.7 Å². The Hall–Kier alpha value is -0.910. The molecule has 2 N–H and O–H groups in total. The fourth-order valence-corrected chi connectivity index (χ4v) is 3.81. The summed E-state index contributed by atoms with van der Waals surface area (Å²) >= 11 is 1.69. The molecule has 104 valence electrons. The van der Waals surface area contributed by atoms with E-state index in [1.807, 2.05) is 11.4 Å². The summed E-state index contributed by atoms with van der Waals surface area (Å²) in [7, 11) is 0. The molecule has 2 aliphatic heterocycles. The fraction of sp³-hybridized carbons (Fsp3) is 0.643. The summed E-state index contributed by atoms with van der Waals surface area (Å²) in [6, 6.07) is 4.07. The molecule has 0 aliphatic carbocycles. The van der Waals surface area contributed by atoms with Gasteiger partial charge in [-0.25, -0.2) is 0 Å². The van der Waals surface area contributed by atoms with E-state index in [4.69, 9.17) is 0 Å². The Kier molecular flexibility index (Phi) is 3.86. The molecule has 1 atom stereocenters. The monoisotopic (exact) mass is 279 g/mol. The zero-order valence-electron chi connectivity index (χ0n) is 11.2. The highest BCUT2D eigenvalue weighted by Gasteiger charge is 2.40. The summed E-state index contributed by atoms with van der Waals surface area (Å²) in [5, 5.41) is 8.49. The van der Waals surface area contributed by atoms with E-state index in [-0.39, 0.29) is 5.91 Å². The van der Waals surface area contributed by atoms with Crippen molar-refractivity contribution in [2.75, 3.05) is 32.7 Å². The quantitative estimate of drug-likeness (QED) is 0.866. The average Bonchev–Trinajstić information content (AvgIpc) is 3.12. The van der Waals surface area contributed by atoms with Crippen LogP contribution in [-0.2, 0) is 11.3 Å². The maximum absolute atomic E-state index is 11.9. The average molecular weight is 279 g/mol. The van der Waals surface area contributed by atoms with E-state index in [9.17, 15) is 4.79 Å². The summed E-state index contributed by atoms with van der Waals surface area (Å²) in [5.41, 5.74) is 0.452. The van der Waals surface area contributed by atoms with Gasteiger partial charge in [-0.05, 0) is 42.8 Å². The Morgan fingerprint density at radius 3 is 3.21 bits per heavy atom. The molecule has 0 bridgehead atoms. The molecule has 19 heavy (non-hydrogen) atoms. The molecule has 3 rings (SSSR count). The van der Waals surface area contributed by atoms with Crippen LogP contribution in [0.25, 0.3) is 0 Å². The van der Waals surface area contributed by atoms with Crippen molar-refractivity contribution in [2.45, 2.75) is 19.4 Å². The molecule has 0 radical (unpaired) electrons.